The number of nitrogens with zero attached hydrogens (tertiary/aromatic N) is 2. The first kappa shape index (κ1) is 32.4. The van der Waals surface area contributed by atoms with Crippen molar-refractivity contribution in [3.05, 3.63) is 206 Å². The van der Waals surface area contributed by atoms with Gasteiger partial charge in [-0.25, -0.2) is 0 Å². The first-order valence-corrected chi connectivity index (χ1v) is 19.7. The summed E-state index contributed by atoms with van der Waals surface area (Å²) in [6.45, 7) is 0. The molecule has 12 aromatic rings. The lowest BCUT2D eigenvalue weighted by Gasteiger charge is -2.26. The van der Waals surface area contributed by atoms with E-state index in [4.69, 9.17) is 8.83 Å². The van der Waals surface area contributed by atoms with E-state index in [9.17, 15) is 0 Å². The van der Waals surface area contributed by atoms with Crippen LogP contribution in [0.15, 0.2) is 215 Å². The SMILES string of the molecule is c1ccc(-c2ccc(N(c3ccc(-c4cccc5c4oc4ccccc45)cc3)c3ccc4c5c6oc7ccccc7c6ccc5n(-c5ccccc5)c4c3)cc2)cc1. The van der Waals surface area contributed by atoms with Crippen molar-refractivity contribution in [3.63, 3.8) is 0 Å². The Morgan fingerprint density at radius 3 is 1.59 bits per heavy atom. The summed E-state index contributed by atoms with van der Waals surface area (Å²) in [4.78, 5) is 2.35. The molecule has 0 aliphatic heterocycles. The fourth-order valence-corrected chi connectivity index (χ4v) is 8.91. The van der Waals surface area contributed by atoms with Crippen LogP contribution < -0.4 is 4.90 Å². The lowest BCUT2D eigenvalue weighted by atomic mass is 10.0. The molecule has 0 radical (unpaired) electrons. The van der Waals surface area contributed by atoms with Crippen LogP contribution in [0.2, 0.25) is 0 Å². The van der Waals surface area contributed by atoms with Crippen LogP contribution in [-0.2, 0) is 0 Å². The standard InChI is InChI=1S/C54H34N2O2/c1-3-12-35(13-4-1)36-22-26-39(27-23-36)55(40-28-24-37(25-29-40)42-18-11-19-45-43-16-7-9-20-50(43)57-53(42)45)41-30-31-47-49(34-41)56(38-14-5-2-6-15-38)48-33-32-46-44-17-8-10-21-51(44)58-54(46)52(47)48/h1-34H. The number of rotatable bonds is 6. The van der Waals surface area contributed by atoms with Crippen LogP contribution in [0, 0.1) is 0 Å². The van der Waals surface area contributed by atoms with Gasteiger partial charge in [-0.15, -0.1) is 0 Å². The second-order valence-electron chi connectivity index (χ2n) is 14.9. The summed E-state index contributed by atoms with van der Waals surface area (Å²) in [5, 5.41) is 6.76. The monoisotopic (exact) mass is 742 g/mol. The number of anilines is 3. The van der Waals surface area contributed by atoms with Gasteiger partial charge in [0.15, 0.2) is 0 Å². The van der Waals surface area contributed by atoms with Crippen LogP contribution in [0.25, 0.3) is 93.6 Å². The molecule has 0 saturated heterocycles. The Balaban J connectivity index is 1.06. The van der Waals surface area contributed by atoms with Crippen molar-refractivity contribution < 1.29 is 8.83 Å². The number of benzene rings is 9. The number of hydrogen-bond donors (Lipinski definition) is 0. The number of aromatic nitrogens is 1. The van der Waals surface area contributed by atoms with E-state index in [2.05, 4.69) is 198 Å². The first-order valence-electron chi connectivity index (χ1n) is 19.7. The van der Waals surface area contributed by atoms with Gasteiger partial charge >= 0.3 is 0 Å². The summed E-state index contributed by atoms with van der Waals surface area (Å²) in [7, 11) is 0. The molecule has 58 heavy (non-hydrogen) atoms. The van der Waals surface area contributed by atoms with Gasteiger partial charge in [0, 0.05) is 55.2 Å². The molecule has 3 heterocycles. The van der Waals surface area contributed by atoms with E-state index in [1.54, 1.807) is 0 Å². The molecule has 0 saturated carbocycles. The van der Waals surface area contributed by atoms with Gasteiger partial charge in [0.05, 0.1) is 16.4 Å². The van der Waals surface area contributed by atoms with Crippen molar-refractivity contribution in [1.82, 2.24) is 4.57 Å². The van der Waals surface area contributed by atoms with E-state index in [1.807, 2.05) is 18.2 Å². The summed E-state index contributed by atoms with van der Waals surface area (Å²) >= 11 is 0. The third kappa shape index (κ3) is 5.02. The normalized spacial score (nSPS) is 11.8. The Morgan fingerprint density at radius 2 is 0.879 bits per heavy atom. The Kier molecular flexibility index (Phi) is 7.20. The second-order valence-corrected chi connectivity index (χ2v) is 14.9. The van der Waals surface area contributed by atoms with Crippen LogP contribution in [0.5, 0.6) is 0 Å². The average molecular weight is 743 g/mol. The quantitative estimate of drug-likeness (QED) is 0.170. The molecule has 0 spiro atoms. The summed E-state index contributed by atoms with van der Waals surface area (Å²) in [5.41, 5.74) is 14.6. The van der Waals surface area contributed by atoms with Crippen LogP contribution in [0.4, 0.5) is 17.1 Å². The summed E-state index contributed by atoms with van der Waals surface area (Å²) < 4.78 is 15.5. The van der Waals surface area contributed by atoms with Gasteiger partial charge in [0.25, 0.3) is 0 Å². The highest BCUT2D eigenvalue weighted by atomic mass is 16.3. The topological polar surface area (TPSA) is 34.5 Å². The number of fused-ring (bicyclic) bond motifs is 10. The fraction of sp³-hybridized carbons (Fsp3) is 0. The minimum Gasteiger partial charge on any atom is -0.455 e. The first-order chi connectivity index (χ1) is 28.8. The van der Waals surface area contributed by atoms with E-state index >= 15 is 0 Å². The number of para-hydroxylation sites is 4. The van der Waals surface area contributed by atoms with Crippen LogP contribution >= 0.6 is 0 Å². The predicted molar refractivity (Wildman–Crippen MR) is 241 cm³/mol. The molecule has 0 unspecified atom stereocenters. The second kappa shape index (κ2) is 12.9. The van der Waals surface area contributed by atoms with Crippen molar-refractivity contribution in [3.8, 4) is 27.9 Å². The zero-order valence-electron chi connectivity index (χ0n) is 31.3. The van der Waals surface area contributed by atoms with Crippen molar-refractivity contribution >= 4 is 82.7 Å². The van der Waals surface area contributed by atoms with E-state index in [1.165, 1.54) is 11.1 Å². The van der Waals surface area contributed by atoms with Gasteiger partial charge in [-0.05, 0) is 95.6 Å². The molecule has 0 bridgehead atoms. The Hall–Kier alpha value is -7.82. The van der Waals surface area contributed by atoms with Crippen molar-refractivity contribution in [2.24, 2.45) is 0 Å². The molecule has 0 N–H and O–H groups in total. The molecule has 272 valence electrons. The Morgan fingerprint density at radius 1 is 0.345 bits per heavy atom. The van der Waals surface area contributed by atoms with Gasteiger partial charge in [-0.2, -0.15) is 0 Å². The minimum atomic E-state index is 0.896. The Labute approximate surface area is 334 Å². The number of furan rings is 2. The van der Waals surface area contributed by atoms with Gasteiger partial charge in [-0.1, -0.05) is 127 Å². The van der Waals surface area contributed by atoms with Crippen molar-refractivity contribution in [2.75, 3.05) is 4.90 Å². The van der Waals surface area contributed by atoms with Gasteiger partial charge in [0.2, 0.25) is 0 Å². The third-order valence-corrected chi connectivity index (χ3v) is 11.6. The molecule has 3 aromatic heterocycles. The highest BCUT2D eigenvalue weighted by molar-refractivity contribution is 6.24. The summed E-state index contributed by atoms with van der Waals surface area (Å²) in [6, 6.07) is 73.2. The molecule has 0 aliphatic rings. The maximum absolute atomic E-state index is 6.65. The van der Waals surface area contributed by atoms with Crippen LogP contribution in [-0.4, -0.2) is 4.57 Å². The molecule has 0 aliphatic carbocycles. The zero-order chi connectivity index (χ0) is 38.2. The lowest BCUT2D eigenvalue weighted by molar-refractivity contribution is 0.670. The van der Waals surface area contributed by atoms with E-state index < -0.39 is 0 Å². The van der Waals surface area contributed by atoms with Crippen molar-refractivity contribution in [1.29, 1.82) is 0 Å². The molecule has 9 aromatic carbocycles. The molecular weight excluding hydrogens is 709 g/mol. The van der Waals surface area contributed by atoms with Crippen molar-refractivity contribution in [2.45, 2.75) is 0 Å². The molecule has 0 atom stereocenters. The van der Waals surface area contributed by atoms with Crippen LogP contribution in [0.3, 0.4) is 0 Å². The smallest absolute Gasteiger partial charge is 0.145 e. The molecule has 0 fully saturated rings. The fourth-order valence-electron chi connectivity index (χ4n) is 8.91. The maximum atomic E-state index is 6.65. The molecule has 4 heteroatoms. The highest BCUT2D eigenvalue weighted by Crippen LogP contribution is 2.44. The molecule has 12 rings (SSSR count). The largest absolute Gasteiger partial charge is 0.455 e. The summed E-state index contributed by atoms with van der Waals surface area (Å²) in [6.07, 6.45) is 0. The van der Waals surface area contributed by atoms with Gasteiger partial charge in [-0.3, -0.25) is 0 Å². The van der Waals surface area contributed by atoms with E-state index in [0.717, 1.165) is 99.6 Å². The predicted octanol–water partition coefficient (Wildman–Crippen LogP) is 15.4. The van der Waals surface area contributed by atoms with Gasteiger partial charge in [0.1, 0.15) is 22.3 Å². The average Bonchev–Trinajstić information content (AvgIpc) is 3.97. The molecular formula is C54H34N2O2. The minimum absolute atomic E-state index is 0.896. The molecule has 0 amide bonds. The third-order valence-electron chi connectivity index (χ3n) is 11.6. The lowest BCUT2D eigenvalue weighted by Crippen LogP contribution is -2.10. The maximum Gasteiger partial charge on any atom is 0.145 e. The van der Waals surface area contributed by atoms with Gasteiger partial charge < -0.3 is 18.3 Å². The summed E-state index contributed by atoms with van der Waals surface area (Å²) in [5.74, 6) is 0. The molecule has 4 nitrogen and oxygen atoms in total. The van der Waals surface area contributed by atoms with E-state index in [0.29, 0.717) is 0 Å². The van der Waals surface area contributed by atoms with E-state index in [-0.39, 0.29) is 0 Å². The zero-order valence-corrected chi connectivity index (χ0v) is 31.3. The Bertz CT molecular complexity index is 3480. The highest BCUT2D eigenvalue weighted by Gasteiger charge is 2.22. The van der Waals surface area contributed by atoms with Crippen LogP contribution in [0.1, 0.15) is 0 Å². The number of hydrogen-bond acceptors (Lipinski definition) is 3.